The van der Waals surface area contributed by atoms with E-state index in [9.17, 15) is 4.79 Å². The Bertz CT molecular complexity index is 456. The number of hydrogen-bond donors (Lipinski definition) is 0. The maximum Gasteiger partial charge on any atom is 0.338 e. The van der Waals surface area contributed by atoms with Crippen LogP contribution in [0, 0.1) is 0 Å². The molecule has 5 heteroatoms. The predicted molar refractivity (Wildman–Crippen MR) is 79.5 cm³/mol. The minimum atomic E-state index is -0.319. The number of methoxy groups -OCH3 is 2. The molecule has 1 saturated carbocycles. The Kier molecular flexibility index (Phi) is 5.29. The SMILES string of the molecule is COc1cc(C(=O)OC2CCCCC2)cc(OC)c1Br. The van der Waals surface area contributed by atoms with Gasteiger partial charge in [0.2, 0.25) is 0 Å². The monoisotopic (exact) mass is 342 g/mol. The summed E-state index contributed by atoms with van der Waals surface area (Å²) in [5, 5.41) is 0. The number of rotatable bonds is 4. The van der Waals surface area contributed by atoms with Crippen LogP contribution in [-0.4, -0.2) is 26.3 Å². The first-order chi connectivity index (χ1) is 9.65. The molecule has 1 fully saturated rings. The second-order valence-corrected chi connectivity index (χ2v) is 5.65. The fraction of sp³-hybridized carbons (Fsp3) is 0.533. The molecule has 1 aromatic rings. The standard InChI is InChI=1S/C15H19BrO4/c1-18-12-8-10(9-13(19-2)14(12)16)15(17)20-11-6-4-3-5-7-11/h8-9,11H,3-7H2,1-2H3. The topological polar surface area (TPSA) is 44.8 Å². The Hall–Kier alpha value is -1.23. The van der Waals surface area contributed by atoms with Gasteiger partial charge in [-0.15, -0.1) is 0 Å². The third-order valence-electron chi connectivity index (χ3n) is 3.51. The summed E-state index contributed by atoms with van der Waals surface area (Å²) in [6.45, 7) is 0. The van der Waals surface area contributed by atoms with Crippen LogP contribution in [0.5, 0.6) is 11.5 Å². The zero-order chi connectivity index (χ0) is 14.5. The summed E-state index contributed by atoms with van der Waals surface area (Å²) < 4.78 is 16.7. The quantitative estimate of drug-likeness (QED) is 0.777. The summed E-state index contributed by atoms with van der Waals surface area (Å²) in [4.78, 5) is 12.2. The van der Waals surface area contributed by atoms with Crippen LogP contribution in [0.3, 0.4) is 0 Å². The van der Waals surface area contributed by atoms with Crippen molar-refractivity contribution in [3.05, 3.63) is 22.2 Å². The molecule has 110 valence electrons. The first-order valence-electron chi connectivity index (χ1n) is 6.78. The second kappa shape index (κ2) is 6.97. The summed E-state index contributed by atoms with van der Waals surface area (Å²) in [5.74, 6) is 0.792. The van der Waals surface area contributed by atoms with Crippen molar-refractivity contribution in [2.24, 2.45) is 0 Å². The van der Waals surface area contributed by atoms with E-state index in [2.05, 4.69) is 15.9 Å². The number of carbonyl (C=O) groups is 1. The molecule has 0 amide bonds. The van der Waals surface area contributed by atoms with E-state index in [4.69, 9.17) is 14.2 Å². The van der Waals surface area contributed by atoms with Crippen molar-refractivity contribution in [2.75, 3.05) is 14.2 Å². The van der Waals surface area contributed by atoms with E-state index < -0.39 is 0 Å². The minimum Gasteiger partial charge on any atom is -0.495 e. The van der Waals surface area contributed by atoms with Crippen molar-refractivity contribution in [3.8, 4) is 11.5 Å². The second-order valence-electron chi connectivity index (χ2n) is 4.86. The van der Waals surface area contributed by atoms with Gasteiger partial charge in [0.25, 0.3) is 0 Å². The molecule has 1 aromatic carbocycles. The molecule has 0 radical (unpaired) electrons. The van der Waals surface area contributed by atoms with Crippen molar-refractivity contribution in [3.63, 3.8) is 0 Å². The van der Waals surface area contributed by atoms with Crippen LogP contribution in [-0.2, 0) is 4.74 Å². The molecule has 0 N–H and O–H groups in total. The number of halogens is 1. The van der Waals surface area contributed by atoms with Crippen LogP contribution < -0.4 is 9.47 Å². The third-order valence-corrected chi connectivity index (χ3v) is 4.29. The minimum absolute atomic E-state index is 0.0388. The van der Waals surface area contributed by atoms with Gasteiger partial charge in [-0.1, -0.05) is 6.42 Å². The largest absolute Gasteiger partial charge is 0.495 e. The van der Waals surface area contributed by atoms with E-state index >= 15 is 0 Å². The van der Waals surface area contributed by atoms with Crippen LogP contribution in [0.4, 0.5) is 0 Å². The Morgan fingerprint density at radius 3 is 2.15 bits per heavy atom. The zero-order valence-corrected chi connectivity index (χ0v) is 13.4. The average molecular weight is 343 g/mol. The molecule has 0 aliphatic heterocycles. The summed E-state index contributed by atoms with van der Waals surface area (Å²) >= 11 is 3.38. The van der Waals surface area contributed by atoms with Crippen molar-refractivity contribution in [1.82, 2.24) is 0 Å². The van der Waals surface area contributed by atoms with Gasteiger partial charge in [-0.25, -0.2) is 4.79 Å². The smallest absolute Gasteiger partial charge is 0.338 e. The molecule has 0 atom stereocenters. The molecule has 0 aromatic heterocycles. The molecule has 2 rings (SSSR count). The highest BCUT2D eigenvalue weighted by Gasteiger charge is 2.21. The van der Waals surface area contributed by atoms with Gasteiger partial charge >= 0.3 is 5.97 Å². The molecule has 20 heavy (non-hydrogen) atoms. The van der Waals surface area contributed by atoms with Crippen molar-refractivity contribution in [1.29, 1.82) is 0 Å². The highest BCUT2D eigenvalue weighted by molar-refractivity contribution is 9.10. The van der Waals surface area contributed by atoms with Gasteiger partial charge in [-0.3, -0.25) is 0 Å². The van der Waals surface area contributed by atoms with Gasteiger partial charge in [-0.05, 0) is 53.7 Å². The van der Waals surface area contributed by atoms with E-state index in [-0.39, 0.29) is 12.1 Å². The van der Waals surface area contributed by atoms with E-state index in [0.29, 0.717) is 21.5 Å². The predicted octanol–water partition coefficient (Wildman–Crippen LogP) is 3.96. The number of carbonyl (C=O) groups excluding carboxylic acids is 1. The molecule has 0 spiro atoms. The maximum absolute atomic E-state index is 12.2. The highest BCUT2D eigenvalue weighted by Crippen LogP contribution is 2.36. The lowest BCUT2D eigenvalue weighted by Crippen LogP contribution is -2.21. The normalized spacial score (nSPS) is 15.8. The van der Waals surface area contributed by atoms with Gasteiger partial charge in [-0.2, -0.15) is 0 Å². The van der Waals surface area contributed by atoms with E-state index in [0.717, 1.165) is 25.7 Å². The van der Waals surface area contributed by atoms with Gasteiger partial charge in [0.05, 0.1) is 19.8 Å². The summed E-state index contributed by atoms with van der Waals surface area (Å²) in [6, 6.07) is 3.33. The summed E-state index contributed by atoms with van der Waals surface area (Å²) in [5.41, 5.74) is 0.451. The average Bonchev–Trinajstić information content (AvgIpc) is 2.48. The van der Waals surface area contributed by atoms with Crippen molar-refractivity contribution in [2.45, 2.75) is 38.2 Å². The van der Waals surface area contributed by atoms with Gasteiger partial charge in [0, 0.05) is 0 Å². The maximum atomic E-state index is 12.2. The molecule has 1 aliphatic carbocycles. The number of esters is 1. The van der Waals surface area contributed by atoms with Gasteiger partial charge in [0.1, 0.15) is 22.1 Å². The fourth-order valence-corrected chi connectivity index (χ4v) is 2.94. The van der Waals surface area contributed by atoms with Crippen molar-refractivity contribution < 1.29 is 19.0 Å². The first-order valence-corrected chi connectivity index (χ1v) is 7.57. The van der Waals surface area contributed by atoms with Crippen LogP contribution in [0.2, 0.25) is 0 Å². The van der Waals surface area contributed by atoms with E-state index in [1.165, 1.54) is 6.42 Å². The molecular formula is C15H19BrO4. The summed E-state index contributed by atoms with van der Waals surface area (Å²) in [7, 11) is 3.10. The molecular weight excluding hydrogens is 324 g/mol. The molecule has 0 unspecified atom stereocenters. The Labute approximate surface area is 127 Å². The van der Waals surface area contributed by atoms with Crippen LogP contribution >= 0.6 is 15.9 Å². The van der Waals surface area contributed by atoms with Gasteiger partial charge < -0.3 is 14.2 Å². The molecule has 4 nitrogen and oxygen atoms in total. The van der Waals surface area contributed by atoms with E-state index in [1.54, 1.807) is 26.4 Å². The van der Waals surface area contributed by atoms with Crippen LogP contribution in [0.25, 0.3) is 0 Å². The lowest BCUT2D eigenvalue weighted by Gasteiger charge is -2.22. The Balaban J connectivity index is 2.16. The summed E-state index contributed by atoms with van der Waals surface area (Å²) in [6.07, 6.45) is 5.44. The Morgan fingerprint density at radius 2 is 1.65 bits per heavy atom. The molecule has 0 bridgehead atoms. The highest BCUT2D eigenvalue weighted by atomic mass is 79.9. The fourth-order valence-electron chi connectivity index (χ4n) is 2.39. The third kappa shape index (κ3) is 3.45. The van der Waals surface area contributed by atoms with Crippen LogP contribution in [0.15, 0.2) is 16.6 Å². The van der Waals surface area contributed by atoms with Gasteiger partial charge in [0.15, 0.2) is 0 Å². The number of ether oxygens (including phenoxy) is 3. The number of benzene rings is 1. The zero-order valence-electron chi connectivity index (χ0n) is 11.8. The van der Waals surface area contributed by atoms with Crippen molar-refractivity contribution >= 4 is 21.9 Å². The molecule has 0 saturated heterocycles. The van der Waals surface area contributed by atoms with E-state index in [1.807, 2.05) is 0 Å². The van der Waals surface area contributed by atoms with Crippen LogP contribution in [0.1, 0.15) is 42.5 Å². The number of hydrogen-bond acceptors (Lipinski definition) is 4. The lowest BCUT2D eigenvalue weighted by molar-refractivity contribution is 0.0210. The first kappa shape index (κ1) is 15.2. The Morgan fingerprint density at radius 1 is 1.10 bits per heavy atom. The molecule has 1 aliphatic rings. The lowest BCUT2D eigenvalue weighted by atomic mass is 9.98. The molecule has 0 heterocycles.